The lowest BCUT2D eigenvalue weighted by atomic mass is 9.91. The van der Waals surface area contributed by atoms with Crippen LogP contribution in [0.15, 0.2) is 0 Å². The quantitative estimate of drug-likeness (QED) is 0.569. The molecule has 11 heteroatoms. The van der Waals surface area contributed by atoms with E-state index in [1.165, 1.54) is 6.42 Å². The largest absolute Gasteiger partial charge is 0.522 e. The van der Waals surface area contributed by atoms with Crippen LogP contribution in [0.25, 0.3) is 0 Å². The molecular weight excluding hydrogens is 385 g/mol. The van der Waals surface area contributed by atoms with Crippen molar-refractivity contribution in [3.63, 3.8) is 0 Å². The van der Waals surface area contributed by atoms with Crippen molar-refractivity contribution in [2.75, 3.05) is 5.75 Å². The minimum atomic E-state index is -5.84. The lowest BCUT2D eigenvalue weighted by molar-refractivity contribution is -0.119. The lowest BCUT2D eigenvalue weighted by Crippen LogP contribution is -2.36. The van der Waals surface area contributed by atoms with E-state index < -0.39 is 30.7 Å². The first kappa shape index (κ1) is 22.4. The number of Topliss-reactive ketones (excluding diaryl/α,β-unsaturated/α-hetero) is 1. The van der Waals surface area contributed by atoms with Gasteiger partial charge in [-0.2, -0.15) is 21.6 Å². The van der Waals surface area contributed by atoms with E-state index in [0.717, 1.165) is 38.5 Å². The molecule has 2 rings (SSSR count). The van der Waals surface area contributed by atoms with Crippen molar-refractivity contribution < 1.29 is 39.4 Å². The second-order valence-corrected chi connectivity index (χ2v) is 10.1. The SMILES string of the molecule is O=C1CCCCC1S(=O)(=O)CC1CCCCC1.O=S(=O)(O)C(F)(F)F. The average Bonchev–Trinajstić information content (AvgIpc) is 2.46. The van der Waals surface area contributed by atoms with Crippen LogP contribution in [-0.2, 0) is 24.7 Å². The molecule has 2 aliphatic rings. The molecule has 1 N–H and O–H groups in total. The summed E-state index contributed by atoms with van der Waals surface area (Å²) in [7, 11) is -9.02. The normalized spacial score (nSPS) is 23.7. The Morgan fingerprint density at radius 1 is 0.920 bits per heavy atom. The third-order valence-electron chi connectivity index (χ3n) is 4.42. The Balaban J connectivity index is 0.000000333. The number of carbonyl (C=O) groups excluding carboxylic acids is 1. The molecule has 0 radical (unpaired) electrons. The van der Waals surface area contributed by atoms with Crippen LogP contribution in [0, 0.1) is 5.92 Å². The van der Waals surface area contributed by atoms with Crippen molar-refractivity contribution in [1.29, 1.82) is 0 Å². The second kappa shape index (κ2) is 8.81. The summed E-state index contributed by atoms with van der Waals surface area (Å²) < 4.78 is 82.0. The summed E-state index contributed by atoms with van der Waals surface area (Å²) in [5.74, 6) is 0.527. The maximum atomic E-state index is 12.2. The molecule has 0 heterocycles. The van der Waals surface area contributed by atoms with Gasteiger partial charge in [0.25, 0.3) is 0 Å². The van der Waals surface area contributed by atoms with Gasteiger partial charge in [-0.1, -0.05) is 25.7 Å². The highest BCUT2D eigenvalue weighted by Crippen LogP contribution is 2.28. The highest BCUT2D eigenvalue weighted by Gasteiger charge is 2.44. The molecule has 6 nitrogen and oxygen atoms in total. The predicted octanol–water partition coefficient (Wildman–Crippen LogP) is 2.89. The molecule has 148 valence electrons. The Hall–Kier alpha value is -0.680. The van der Waals surface area contributed by atoms with Gasteiger partial charge in [0.2, 0.25) is 0 Å². The van der Waals surface area contributed by atoms with Gasteiger partial charge in [0.1, 0.15) is 5.25 Å². The number of rotatable bonds is 3. The fourth-order valence-electron chi connectivity index (χ4n) is 3.13. The topological polar surface area (TPSA) is 106 Å². The van der Waals surface area contributed by atoms with Crippen LogP contribution in [-0.4, -0.2) is 43.7 Å². The van der Waals surface area contributed by atoms with Crippen LogP contribution in [0.2, 0.25) is 0 Å². The summed E-state index contributed by atoms with van der Waals surface area (Å²) in [6.07, 6.45) is 8.38. The molecule has 0 amide bonds. The third-order valence-corrected chi connectivity index (χ3v) is 7.30. The molecule has 25 heavy (non-hydrogen) atoms. The van der Waals surface area contributed by atoms with Gasteiger partial charge in [-0.25, -0.2) is 8.42 Å². The van der Waals surface area contributed by atoms with Crippen LogP contribution in [0.4, 0.5) is 13.2 Å². The van der Waals surface area contributed by atoms with E-state index in [1.54, 1.807) is 0 Å². The standard InChI is InChI=1S/C13H22O3S.CHF3O3S/c14-12-8-4-5-9-13(12)17(15,16)10-11-6-2-1-3-7-11;2-1(3,4)8(5,6)7/h11,13H,1-10H2;(H,5,6,7). The van der Waals surface area contributed by atoms with E-state index in [2.05, 4.69) is 0 Å². The molecule has 0 saturated heterocycles. The molecular formula is C14H23F3O6S2. The Morgan fingerprint density at radius 3 is 1.84 bits per heavy atom. The zero-order valence-electron chi connectivity index (χ0n) is 13.7. The molecule has 2 fully saturated rings. The van der Waals surface area contributed by atoms with E-state index in [-0.39, 0.29) is 11.5 Å². The van der Waals surface area contributed by atoms with Crippen molar-refractivity contribution >= 4 is 25.7 Å². The number of hydrogen-bond acceptors (Lipinski definition) is 5. The average molecular weight is 408 g/mol. The van der Waals surface area contributed by atoms with E-state index in [9.17, 15) is 26.4 Å². The molecule has 0 spiro atoms. The number of hydrogen-bond donors (Lipinski definition) is 1. The molecule has 2 aliphatic carbocycles. The Bertz CT molecular complexity index is 649. The van der Waals surface area contributed by atoms with E-state index in [1.807, 2.05) is 0 Å². The van der Waals surface area contributed by atoms with Gasteiger partial charge >= 0.3 is 15.6 Å². The monoisotopic (exact) mass is 408 g/mol. The van der Waals surface area contributed by atoms with Crippen molar-refractivity contribution in [3.05, 3.63) is 0 Å². The first-order valence-corrected chi connectivity index (χ1v) is 11.3. The number of carbonyl (C=O) groups is 1. The van der Waals surface area contributed by atoms with Gasteiger partial charge in [0, 0.05) is 6.42 Å². The third kappa shape index (κ3) is 7.22. The Kier molecular flexibility index (Phi) is 7.88. The molecule has 0 aromatic rings. The van der Waals surface area contributed by atoms with Crippen LogP contribution in [0.3, 0.4) is 0 Å². The number of alkyl halides is 3. The molecule has 0 bridgehead atoms. The number of halogens is 3. The molecule has 1 unspecified atom stereocenters. The van der Waals surface area contributed by atoms with Crippen LogP contribution < -0.4 is 0 Å². The molecule has 0 aromatic heterocycles. The first-order chi connectivity index (χ1) is 11.3. The number of ketones is 1. The van der Waals surface area contributed by atoms with E-state index in [0.29, 0.717) is 18.8 Å². The van der Waals surface area contributed by atoms with Gasteiger partial charge in [0.15, 0.2) is 15.6 Å². The van der Waals surface area contributed by atoms with Gasteiger partial charge in [-0.15, -0.1) is 0 Å². The summed E-state index contributed by atoms with van der Waals surface area (Å²) in [4.78, 5) is 11.7. The first-order valence-electron chi connectivity index (χ1n) is 8.12. The number of sulfone groups is 1. The zero-order valence-corrected chi connectivity index (χ0v) is 15.3. The van der Waals surface area contributed by atoms with E-state index >= 15 is 0 Å². The highest BCUT2D eigenvalue weighted by atomic mass is 32.2. The van der Waals surface area contributed by atoms with Crippen molar-refractivity contribution in [1.82, 2.24) is 0 Å². The molecule has 0 aliphatic heterocycles. The summed E-state index contributed by atoms with van der Waals surface area (Å²) >= 11 is 0. The van der Waals surface area contributed by atoms with Crippen LogP contribution in [0.5, 0.6) is 0 Å². The fourth-order valence-corrected chi connectivity index (χ4v) is 5.40. The van der Waals surface area contributed by atoms with Crippen molar-refractivity contribution in [2.45, 2.75) is 68.5 Å². The highest BCUT2D eigenvalue weighted by molar-refractivity contribution is 7.92. The van der Waals surface area contributed by atoms with Gasteiger partial charge < -0.3 is 0 Å². The molecule has 0 aromatic carbocycles. The summed E-state index contributed by atoms with van der Waals surface area (Å²) in [5, 5.41) is -0.668. The summed E-state index contributed by atoms with van der Waals surface area (Å²) in [6, 6.07) is 0. The summed E-state index contributed by atoms with van der Waals surface area (Å²) in [6.45, 7) is 0. The van der Waals surface area contributed by atoms with Crippen molar-refractivity contribution in [2.24, 2.45) is 5.92 Å². The van der Waals surface area contributed by atoms with E-state index in [4.69, 9.17) is 13.0 Å². The second-order valence-electron chi connectivity index (χ2n) is 6.46. The smallest absolute Gasteiger partial charge is 0.298 e. The summed E-state index contributed by atoms with van der Waals surface area (Å²) in [5.41, 5.74) is -5.53. The van der Waals surface area contributed by atoms with Gasteiger partial charge in [0.05, 0.1) is 5.75 Å². The fraction of sp³-hybridized carbons (Fsp3) is 0.929. The van der Waals surface area contributed by atoms with Crippen LogP contribution in [0.1, 0.15) is 57.8 Å². The molecule has 1 atom stereocenters. The maximum Gasteiger partial charge on any atom is 0.522 e. The molecule has 2 saturated carbocycles. The maximum absolute atomic E-state index is 12.2. The predicted molar refractivity (Wildman–Crippen MR) is 85.2 cm³/mol. The van der Waals surface area contributed by atoms with Gasteiger partial charge in [-0.3, -0.25) is 9.35 Å². The zero-order chi connectivity index (χ0) is 19.3. The Labute approximate surface area is 145 Å². The van der Waals surface area contributed by atoms with Gasteiger partial charge in [-0.05, 0) is 31.6 Å². The minimum Gasteiger partial charge on any atom is -0.298 e. The lowest BCUT2D eigenvalue weighted by Gasteiger charge is -2.25. The Morgan fingerprint density at radius 2 is 1.40 bits per heavy atom. The van der Waals surface area contributed by atoms with Crippen LogP contribution >= 0.6 is 0 Å². The minimum absolute atomic E-state index is 0.0351. The van der Waals surface area contributed by atoms with Crippen molar-refractivity contribution in [3.8, 4) is 0 Å².